The van der Waals surface area contributed by atoms with Crippen molar-refractivity contribution in [3.8, 4) is 0 Å². The van der Waals surface area contributed by atoms with E-state index in [1.54, 1.807) is 23.5 Å². The van der Waals surface area contributed by atoms with Gasteiger partial charge in [-0.2, -0.15) is 0 Å². The zero-order valence-electron chi connectivity index (χ0n) is 10.7. The number of hydrogen-bond acceptors (Lipinski definition) is 4. The highest BCUT2D eigenvalue weighted by atomic mass is 79.9. The molecule has 0 saturated carbocycles. The van der Waals surface area contributed by atoms with Crippen LogP contribution in [0, 0.1) is 0 Å². The van der Waals surface area contributed by atoms with Gasteiger partial charge in [-0.05, 0) is 69.2 Å². The van der Waals surface area contributed by atoms with Gasteiger partial charge < -0.3 is 5.73 Å². The van der Waals surface area contributed by atoms with Crippen molar-refractivity contribution >= 4 is 58.8 Å². The van der Waals surface area contributed by atoms with Crippen LogP contribution in [0.25, 0.3) is 10.1 Å². The number of sulfonamides is 1. The number of hydrogen-bond donors (Lipinski definition) is 2. The summed E-state index contributed by atoms with van der Waals surface area (Å²) < 4.78 is 29.0. The second-order valence-corrected chi connectivity index (χ2v) is 7.95. The first kappa shape index (κ1) is 14.4. The Morgan fingerprint density at radius 3 is 2.67 bits per heavy atom. The Morgan fingerprint density at radius 2 is 1.90 bits per heavy atom. The third-order valence-electron chi connectivity index (χ3n) is 2.99. The molecule has 0 spiro atoms. The van der Waals surface area contributed by atoms with Gasteiger partial charge in [-0.1, -0.05) is 0 Å². The van der Waals surface area contributed by atoms with E-state index in [9.17, 15) is 8.42 Å². The Hall–Kier alpha value is -1.57. The van der Waals surface area contributed by atoms with Crippen LogP contribution in [0.3, 0.4) is 0 Å². The Balaban J connectivity index is 1.96. The Kier molecular flexibility index (Phi) is 3.64. The number of rotatable bonds is 3. The summed E-state index contributed by atoms with van der Waals surface area (Å²) in [4.78, 5) is 0.161. The van der Waals surface area contributed by atoms with Gasteiger partial charge in [-0.15, -0.1) is 11.3 Å². The summed E-state index contributed by atoms with van der Waals surface area (Å²) in [7, 11) is -3.64. The fourth-order valence-electron chi connectivity index (χ4n) is 1.92. The maximum Gasteiger partial charge on any atom is 0.261 e. The van der Waals surface area contributed by atoms with Gasteiger partial charge in [-0.25, -0.2) is 8.42 Å². The summed E-state index contributed by atoms with van der Waals surface area (Å²) in [5.74, 6) is 0. The van der Waals surface area contributed by atoms with Crippen molar-refractivity contribution in [3.63, 3.8) is 0 Å². The molecule has 0 aliphatic rings. The van der Waals surface area contributed by atoms with Gasteiger partial charge in [-0.3, -0.25) is 4.72 Å². The molecule has 0 radical (unpaired) electrons. The summed E-state index contributed by atoms with van der Waals surface area (Å²) >= 11 is 4.85. The lowest BCUT2D eigenvalue weighted by Gasteiger charge is -2.09. The molecule has 1 aromatic heterocycles. The van der Waals surface area contributed by atoms with Crippen LogP contribution in [-0.4, -0.2) is 8.42 Å². The number of fused-ring (bicyclic) bond motifs is 1. The number of anilines is 2. The molecule has 0 fully saturated rings. The molecule has 3 aromatic rings. The van der Waals surface area contributed by atoms with Crippen molar-refractivity contribution < 1.29 is 8.42 Å². The van der Waals surface area contributed by atoms with Gasteiger partial charge in [0.05, 0.1) is 4.90 Å². The van der Waals surface area contributed by atoms with Crippen LogP contribution in [0.2, 0.25) is 0 Å². The standard InChI is InChI=1S/C14H11BrN2O2S2/c15-12-8-11(2-3-13(12)16)21(18,19)17-10-1-4-14-9(7-10)5-6-20-14/h1-8,17H,16H2. The molecule has 1 heterocycles. The van der Waals surface area contributed by atoms with E-state index >= 15 is 0 Å². The quantitative estimate of drug-likeness (QED) is 0.671. The summed E-state index contributed by atoms with van der Waals surface area (Å²) in [5.41, 5.74) is 6.70. The topological polar surface area (TPSA) is 72.2 Å². The summed E-state index contributed by atoms with van der Waals surface area (Å²) in [6.45, 7) is 0. The smallest absolute Gasteiger partial charge is 0.261 e. The van der Waals surface area contributed by atoms with Crippen molar-refractivity contribution in [2.75, 3.05) is 10.5 Å². The van der Waals surface area contributed by atoms with Crippen molar-refractivity contribution in [2.24, 2.45) is 0 Å². The van der Waals surface area contributed by atoms with Gasteiger partial charge in [0.1, 0.15) is 0 Å². The first-order valence-electron chi connectivity index (χ1n) is 6.01. The highest BCUT2D eigenvalue weighted by Gasteiger charge is 2.15. The SMILES string of the molecule is Nc1ccc(S(=O)(=O)Nc2ccc3sccc3c2)cc1Br. The predicted molar refractivity (Wildman–Crippen MR) is 91.2 cm³/mol. The molecule has 0 aliphatic carbocycles. The second-order valence-electron chi connectivity index (χ2n) is 4.46. The van der Waals surface area contributed by atoms with Crippen molar-refractivity contribution in [3.05, 3.63) is 52.3 Å². The lowest BCUT2D eigenvalue weighted by atomic mass is 10.2. The maximum atomic E-state index is 12.4. The Labute approximate surface area is 134 Å². The van der Waals surface area contributed by atoms with Crippen LogP contribution >= 0.6 is 27.3 Å². The molecule has 0 aliphatic heterocycles. The summed E-state index contributed by atoms with van der Waals surface area (Å²) in [5, 5.41) is 2.98. The summed E-state index contributed by atoms with van der Waals surface area (Å²) in [6.07, 6.45) is 0. The molecule has 3 N–H and O–H groups in total. The highest BCUT2D eigenvalue weighted by Crippen LogP contribution is 2.27. The molecule has 4 nitrogen and oxygen atoms in total. The molecule has 0 atom stereocenters. The summed E-state index contributed by atoms with van der Waals surface area (Å²) in [6, 6.07) is 11.9. The molecular weight excluding hydrogens is 372 g/mol. The minimum Gasteiger partial charge on any atom is -0.398 e. The average Bonchev–Trinajstić information content (AvgIpc) is 2.88. The first-order chi connectivity index (χ1) is 9.95. The molecule has 7 heteroatoms. The van der Waals surface area contributed by atoms with Gasteiger partial charge in [0.25, 0.3) is 10.0 Å². The molecule has 3 rings (SSSR count). The molecular formula is C14H11BrN2O2S2. The first-order valence-corrected chi connectivity index (χ1v) is 9.16. The number of benzene rings is 2. The lowest BCUT2D eigenvalue weighted by Crippen LogP contribution is -2.13. The molecule has 108 valence electrons. The van der Waals surface area contributed by atoms with E-state index in [4.69, 9.17) is 5.73 Å². The minimum absolute atomic E-state index is 0.161. The average molecular weight is 383 g/mol. The van der Waals surface area contributed by atoms with E-state index in [2.05, 4.69) is 20.7 Å². The third-order valence-corrected chi connectivity index (χ3v) is 5.95. The van der Waals surface area contributed by atoms with Crippen LogP contribution in [0.4, 0.5) is 11.4 Å². The van der Waals surface area contributed by atoms with E-state index in [1.807, 2.05) is 23.6 Å². The van der Waals surface area contributed by atoms with Crippen molar-refractivity contribution in [2.45, 2.75) is 4.90 Å². The second kappa shape index (κ2) is 5.32. The largest absolute Gasteiger partial charge is 0.398 e. The molecule has 21 heavy (non-hydrogen) atoms. The van der Waals surface area contributed by atoms with Crippen LogP contribution in [0.15, 0.2) is 57.2 Å². The van der Waals surface area contributed by atoms with Gasteiger partial charge in [0, 0.05) is 20.5 Å². The Bertz CT molecular complexity index is 920. The fourth-order valence-corrected chi connectivity index (χ4v) is 4.30. The monoisotopic (exact) mass is 382 g/mol. The number of nitrogen functional groups attached to an aromatic ring is 1. The van der Waals surface area contributed by atoms with Crippen LogP contribution in [0.1, 0.15) is 0 Å². The number of nitrogens with one attached hydrogen (secondary N) is 1. The van der Waals surface area contributed by atoms with Gasteiger partial charge >= 0.3 is 0 Å². The number of halogens is 1. The fraction of sp³-hybridized carbons (Fsp3) is 0. The van der Waals surface area contributed by atoms with Crippen LogP contribution < -0.4 is 10.5 Å². The third kappa shape index (κ3) is 2.90. The highest BCUT2D eigenvalue weighted by molar-refractivity contribution is 9.10. The number of nitrogens with two attached hydrogens (primary N) is 1. The van der Waals surface area contributed by atoms with Crippen molar-refractivity contribution in [1.29, 1.82) is 0 Å². The van der Waals surface area contributed by atoms with E-state index < -0.39 is 10.0 Å². The molecule has 0 unspecified atom stereocenters. The molecule has 0 saturated heterocycles. The molecule has 2 aromatic carbocycles. The number of thiophene rings is 1. The van der Waals surface area contributed by atoms with E-state index in [1.165, 1.54) is 12.1 Å². The van der Waals surface area contributed by atoms with Crippen molar-refractivity contribution in [1.82, 2.24) is 0 Å². The molecule has 0 amide bonds. The van der Waals surface area contributed by atoms with E-state index in [0.717, 1.165) is 10.1 Å². The lowest BCUT2D eigenvalue weighted by molar-refractivity contribution is 0.601. The minimum atomic E-state index is -3.64. The van der Waals surface area contributed by atoms with E-state index in [0.29, 0.717) is 15.8 Å². The predicted octanol–water partition coefficient (Wildman–Crippen LogP) is 4.05. The van der Waals surface area contributed by atoms with Gasteiger partial charge in [0.2, 0.25) is 0 Å². The van der Waals surface area contributed by atoms with Crippen LogP contribution in [0.5, 0.6) is 0 Å². The van der Waals surface area contributed by atoms with Gasteiger partial charge in [0.15, 0.2) is 0 Å². The normalized spacial score (nSPS) is 11.7. The zero-order chi connectivity index (χ0) is 15.0. The van der Waals surface area contributed by atoms with E-state index in [-0.39, 0.29) is 4.90 Å². The zero-order valence-corrected chi connectivity index (χ0v) is 13.9. The maximum absolute atomic E-state index is 12.4. The Morgan fingerprint density at radius 1 is 1.10 bits per heavy atom. The molecule has 0 bridgehead atoms. The van der Waals surface area contributed by atoms with Crippen LogP contribution in [-0.2, 0) is 10.0 Å².